The Balaban J connectivity index is 1.35. The third-order valence-corrected chi connectivity index (χ3v) is 5.65. The van der Waals surface area contributed by atoms with Gasteiger partial charge < -0.3 is 9.80 Å². The van der Waals surface area contributed by atoms with Gasteiger partial charge in [-0.15, -0.1) is 0 Å². The van der Waals surface area contributed by atoms with Crippen molar-refractivity contribution < 1.29 is 9.18 Å². The molecule has 0 aliphatic carbocycles. The molecule has 5 rings (SSSR count). The van der Waals surface area contributed by atoms with E-state index in [1.165, 1.54) is 30.3 Å². The number of para-hydroxylation sites is 1. The Morgan fingerprint density at radius 2 is 1.59 bits per heavy atom. The molecule has 3 heterocycles. The van der Waals surface area contributed by atoms with E-state index in [9.17, 15) is 14.0 Å². The van der Waals surface area contributed by atoms with Gasteiger partial charge in [-0.3, -0.25) is 14.6 Å². The quantitative estimate of drug-likeness (QED) is 0.501. The number of fused-ring (bicyclic) bond motifs is 1. The maximum absolute atomic E-state index is 14.2. The summed E-state index contributed by atoms with van der Waals surface area (Å²) < 4.78 is 15.1. The summed E-state index contributed by atoms with van der Waals surface area (Å²) in [6, 6.07) is 16.6. The lowest BCUT2D eigenvalue weighted by Gasteiger charge is -2.36. The number of carbonyl (C=O) groups is 1. The Hall–Kier alpha value is -4.07. The highest BCUT2D eigenvalue weighted by Gasteiger charge is 2.25. The molecular weight excluding hydrogens is 409 g/mol. The van der Waals surface area contributed by atoms with Gasteiger partial charge in [-0.2, -0.15) is 9.78 Å². The van der Waals surface area contributed by atoms with Gasteiger partial charge in [-0.25, -0.2) is 4.39 Å². The summed E-state index contributed by atoms with van der Waals surface area (Å²) in [5.74, 6) is -0.866. The summed E-state index contributed by atoms with van der Waals surface area (Å²) in [5, 5.41) is 6.34. The number of carbonyl (C=O) groups excluding carboxylic acids is 1. The van der Waals surface area contributed by atoms with Gasteiger partial charge in [0.2, 0.25) is 0 Å². The molecular formula is C24H20FN5O2. The van der Waals surface area contributed by atoms with Crippen LogP contribution in [-0.2, 0) is 0 Å². The minimum absolute atomic E-state index is 0.0143. The lowest BCUT2D eigenvalue weighted by Crippen LogP contribution is -2.49. The van der Waals surface area contributed by atoms with Crippen molar-refractivity contribution >= 4 is 22.4 Å². The highest BCUT2D eigenvalue weighted by atomic mass is 19.1. The number of amides is 1. The molecule has 1 aliphatic heterocycles. The van der Waals surface area contributed by atoms with Crippen LogP contribution in [0.1, 0.15) is 10.5 Å². The molecule has 2 aromatic heterocycles. The number of hydrogen-bond donors (Lipinski definition) is 0. The molecule has 0 N–H and O–H groups in total. The molecule has 1 fully saturated rings. The van der Waals surface area contributed by atoms with Crippen LogP contribution >= 0.6 is 0 Å². The van der Waals surface area contributed by atoms with E-state index < -0.39 is 11.4 Å². The minimum Gasteiger partial charge on any atom is -0.366 e. The number of pyridine rings is 1. The molecule has 1 amide bonds. The molecule has 1 aliphatic rings. The minimum atomic E-state index is -0.580. The topological polar surface area (TPSA) is 71.3 Å². The molecule has 4 aromatic rings. The van der Waals surface area contributed by atoms with Gasteiger partial charge in [-0.05, 0) is 18.2 Å². The fraction of sp³-hybridized carbons (Fsp3) is 0.167. The first-order valence-electron chi connectivity index (χ1n) is 10.3. The lowest BCUT2D eigenvalue weighted by atomic mass is 10.1. The van der Waals surface area contributed by atoms with Gasteiger partial charge >= 0.3 is 0 Å². The van der Waals surface area contributed by atoms with Crippen LogP contribution in [-0.4, -0.2) is 51.8 Å². The Morgan fingerprint density at radius 3 is 2.41 bits per heavy atom. The molecule has 8 heteroatoms. The zero-order chi connectivity index (χ0) is 22.1. The monoisotopic (exact) mass is 429 g/mol. The first-order valence-corrected chi connectivity index (χ1v) is 10.3. The molecule has 1 saturated heterocycles. The first-order chi connectivity index (χ1) is 15.6. The van der Waals surface area contributed by atoms with Crippen LogP contribution in [0.25, 0.3) is 16.5 Å². The van der Waals surface area contributed by atoms with Crippen molar-refractivity contribution in [2.75, 3.05) is 31.1 Å². The van der Waals surface area contributed by atoms with E-state index in [0.29, 0.717) is 26.2 Å². The molecule has 0 radical (unpaired) electrons. The Labute approximate surface area is 183 Å². The molecule has 2 aromatic carbocycles. The molecule has 160 valence electrons. The van der Waals surface area contributed by atoms with E-state index in [1.54, 1.807) is 11.0 Å². The van der Waals surface area contributed by atoms with Gasteiger partial charge in [0.15, 0.2) is 0 Å². The normalized spacial score (nSPS) is 14.0. The molecule has 0 unspecified atom stereocenters. The number of nitrogens with zero attached hydrogens (tertiary/aromatic N) is 5. The maximum atomic E-state index is 14.2. The van der Waals surface area contributed by atoms with Crippen LogP contribution in [0.2, 0.25) is 0 Å². The van der Waals surface area contributed by atoms with Crippen molar-refractivity contribution in [3.05, 3.63) is 94.9 Å². The first kappa shape index (κ1) is 19.9. The summed E-state index contributed by atoms with van der Waals surface area (Å²) in [4.78, 5) is 33.6. The molecule has 7 nitrogen and oxygen atoms in total. The zero-order valence-corrected chi connectivity index (χ0v) is 17.2. The van der Waals surface area contributed by atoms with Crippen molar-refractivity contribution in [3.63, 3.8) is 0 Å². The largest absolute Gasteiger partial charge is 0.366 e. The van der Waals surface area contributed by atoms with Crippen LogP contribution in [0, 0.1) is 5.82 Å². The average molecular weight is 429 g/mol. The fourth-order valence-corrected chi connectivity index (χ4v) is 3.99. The summed E-state index contributed by atoms with van der Waals surface area (Å²) >= 11 is 0. The Kier molecular flexibility index (Phi) is 5.10. The van der Waals surface area contributed by atoms with Gasteiger partial charge in [0.05, 0.1) is 11.9 Å². The van der Waals surface area contributed by atoms with Gasteiger partial charge in [0.25, 0.3) is 11.5 Å². The average Bonchev–Trinajstić information content (AvgIpc) is 2.84. The third-order valence-electron chi connectivity index (χ3n) is 5.65. The van der Waals surface area contributed by atoms with Gasteiger partial charge in [0, 0.05) is 49.2 Å². The highest BCUT2D eigenvalue weighted by molar-refractivity contribution is 5.94. The van der Waals surface area contributed by atoms with Crippen molar-refractivity contribution in [3.8, 4) is 5.69 Å². The number of aromatic nitrogens is 3. The second kappa shape index (κ2) is 8.22. The maximum Gasteiger partial charge on any atom is 0.274 e. The van der Waals surface area contributed by atoms with Crippen LogP contribution in [0.3, 0.4) is 0 Å². The summed E-state index contributed by atoms with van der Waals surface area (Å²) in [5.41, 5.74) is 0.662. The fourth-order valence-electron chi connectivity index (χ4n) is 3.99. The van der Waals surface area contributed by atoms with Crippen molar-refractivity contribution in [2.45, 2.75) is 0 Å². The van der Waals surface area contributed by atoms with Gasteiger partial charge in [0.1, 0.15) is 17.2 Å². The van der Waals surface area contributed by atoms with Crippen LogP contribution in [0.4, 0.5) is 10.1 Å². The zero-order valence-electron chi connectivity index (χ0n) is 17.2. The van der Waals surface area contributed by atoms with Crippen LogP contribution in [0.5, 0.6) is 0 Å². The smallest absolute Gasteiger partial charge is 0.274 e. The number of halogens is 1. The molecule has 0 atom stereocenters. The van der Waals surface area contributed by atoms with E-state index in [4.69, 9.17) is 0 Å². The second-order valence-corrected chi connectivity index (χ2v) is 7.58. The van der Waals surface area contributed by atoms with Gasteiger partial charge in [-0.1, -0.05) is 36.4 Å². The highest BCUT2D eigenvalue weighted by Crippen LogP contribution is 2.26. The van der Waals surface area contributed by atoms with Crippen molar-refractivity contribution in [2.24, 2.45) is 0 Å². The van der Waals surface area contributed by atoms with Crippen LogP contribution < -0.4 is 10.5 Å². The predicted molar refractivity (Wildman–Crippen MR) is 120 cm³/mol. The summed E-state index contributed by atoms with van der Waals surface area (Å²) in [6.07, 6.45) is 3.69. The second-order valence-electron chi connectivity index (χ2n) is 7.58. The van der Waals surface area contributed by atoms with E-state index in [0.717, 1.165) is 21.1 Å². The third kappa shape index (κ3) is 3.60. The lowest BCUT2D eigenvalue weighted by molar-refractivity contribution is 0.0739. The van der Waals surface area contributed by atoms with E-state index in [2.05, 4.69) is 21.0 Å². The SMILES string of the molecule is O=C(c1ccc(=O)n(-c2ccccc2F)n1)N1CCN(c2cncc3ccccc23)CC1. The Morgan fingerprint density at radius 1 is 0.844 bits per heavy atom. The number of benzene rings is 2. The molecule has 0 spiro atoms. The van der Waals surface area contributed by atoms with E-state index in [1.807, 2.05) is 30.6 Å². The summed E-state index contributed by atoms with van der Waals surface area (Å²) in [7, 11) is 0. The molecule has 32 heavy (non-hydrogen) atoms. The van der Waals surface area contributed by atoms with E-state index >= 15 is 0 Å². The van der Waals surface area contributed by atoms with Crippen molar-refractivity contribution in [1.82, 2.24) is 19.7 Å². The molecule has 0 saturated carbocycles. The number of anilines is 1. The molecule has 0 bridgehead atoms. The number of hydrogen-bond acceptors (Lipinski definition) is 5. The van der Waals surface area contributed by atoms with E-state index in [-0.39, 0.29) is 17.3 Å². The van der Waals surface area contributed by atoms with Crippen molar-refractivity contribution in [1.29, 1.82) is 0 Å². The Bertz CT molecular complexity index is 1360. The predicted octanol–water partition coefficient (Wildman–Crippen LogP) is 2.88. The van der Waals surface area contributed by atoms with Crippen LogP contribution in [0.15, 0.2) is 77.9 Å². The summed E-state index contributed by atoms with van der Waals surface area (Å²) in [6.45, 7) is 2.30. The standard InChI is InChI=1S/C24H20FN5O2/c25-19-7-3-4-8-21(19)30-23(31)10-9-20(27-30)24(32)29-13-11-28(12-14-29)22-16-26-15-17-5-1-2-6-18(17)22/h1-10,15-16H,11-14H2. The number of rotatable bonds is 3. The number of piperazine rings is 1.